The monoisotopic (exact) mass is 305 g/mol. The van der Waals surface area contributed by atoms with Crippen LogP contribution < -0.4 is 10.1 Å². The van der Waals surface area contributed by atoms with E-state index in [1.54, 1.807) is 0 Å². The molecule has 0 saturated heterocycles. The zero-order valence-corrected chi connectivity index (χ0v) is 13.4. The van der Waals surface area contributed by atoms with Crippen LogP contribution in [-0.2, 0) is 6.61 Å². The van der Waals surface area contributed by atoms with Crippen LogP contribution in [0.25, 0.3) is 0 Å². The second kappa shape index (κ2) is 7.27. The van der Waals surface area contributed by atoms with Crippen LogP contribution in [0.2, 0.25) is 5.02 Å². The van der Waals surface area contributed by atoms with Gasteiger partial charge in [-0.05, 0) is 38.0 Å². The Bertz CT molecular complexity index is 616. The molecule has 0 bridgehead atoms. The summed E-state index contributed by atoms with van der Waals surface area (Å²) >= 11 is 5.98. The highest BCUT2D eigenvalue weighted by atomic mass is 35.5. The van der Waals surface area contributed by atoms with E-state index in [1.807, 2.05) is 38.1 Å². The third-order valence-electron chi connectivity index (χ3n) is 2.96. The normalized spacial score (nSPS) is 10.5. The molecule has 0 amide bonds. The molecule has 21 heavy (non-hydrogen) atoms. The standard InChI is InChI=1S/C16H20ClN3O/c1-4-7-18-15-8-12(3)19-16(20-15)10-21-14-9-13(17)6-5-11(14)2/h5-6,8-9H,4,7,10H2,1-3H3,(H,18,19,20). The summed E-state index contributed by atoms with van der Waals surface area (Å²) in [6, 6.07) is 7.52. The molecule has 5 heteroatoms. The van der Waals surface area contributed by atoms with Gasteiger partial charge in [-0.1, -0.05) is 24.6 Å². The molecule has 0 spiro atoms. The summed E-state index contributed by atoms with van der Waals surface area (Å²) in [6.45, 7) is 7.27. The second-order valence-corrected chi connectivity index (χ2v) is 5.37. The highest BCUT2D eigenvalue weighted by Gasteiger charge is 2.05. The number of nitrogens with one attached hydrogen (secondary N) is 1. The van der Waals surface area contributed by atoms with Crippen LogP contribution in [0.1, 0.15) is 30.4 Å². The van der Waals surface area contributed by atoms with E-state index in [-0.39, 0.29) is 0 Å². The number of nitrogens with zero attached hydrogens (tertiary/aromatic N) is 2. The largest absolute Gasteiger partial charge is 0.485 e. The maximum atomic E-state index is 5.98. The quantitative estimate of drug-likeness (QED) is 0.871. The van der Waals surface area contributed by atoms with Gasteiger partial charge in [0.2, 0.25) is 0 Å². The number of ether oxygens (including phenoxy) is 1. The zero-order valence-electron chi connectivity index (χ0n) is 12.6. The highest BCUT2D eigenvalue weighted by Crippen LogP contribution is 2.23. The zero-order chi connectivity index (χ0) is 15.2. The second-order valence-electron chi connectivity index (χ2n) is 4.94. The molecule has 0 atom stereocenters. The molecular weight excluding hydrogens is 286 g/mol. The van der Waals surface area contributed by atoms with Crippen LogP contribution in [-0.4, -0.2) is 16.5 Å². The number of hydrogen-bond donors (Lipinski definition) is 1. The topological polar surface area (TPSA) is 47.0 Å². The molecule has 1 aromatic carbocycles. The van der Waals surface area contributed by atoms with Crippen molar-refractivity contribution in [1.29, 1.82) is 0 Å². The van der Waals surface area contributed by atoms with Gasteiger partial charge in [-0.15, -0.1) is 0 Å². The fraction of sp³-hybridized carbons (Fsp3) is 0.375. The Hall–Kier alpha value is -1.81. The molecule has 1 N–H and O–H groups in total. The van der Waals surface area contributed by atoms with Gasteiger partial charge < -0.3 is 10.1 Å². The number of rotatable bonds is 6. The predicted octanol–water partition coefficient (Wildman–Crippen LogP) is 4.15. The lowest BCUT2D eigenvalue weighted by Gasteiger charge is -2.11. The summed E-state index contributed by atoms with van der Waals surface area (Å²) in [5.41, 5.74) is 1.96. The fourth-order valence-corrected chi connectivity index (χ4v) is 2.07. The van der Waals surface area contributed by atoms with E-state index < -0.39 is 0 Å². The molecule has 0 aliphatic heterocycles. The summed E-state index contributed by atoms with van der Waals surface area (Å²) in [7, 11) is 0. The van der Waals surface area contributed by atoms with Crippen LogP contribution in [0.4, 0.5) is 5.82 Å². The predicted molar refractivity (Wildman–Crippen MR) is 86.1 cm³/mol. The summed E-state index contributed by atoms with van der Waals surface area (Å²) in [5.74, 6) is 2.26. The molecule has 0 aliphatic rings. The van der Waals surface area contributed by atoms with Gasteiger partial charge in [0.1, 0.15) is 18.2 Å². The Balaban J connectivity index is 2.08. The maximum absolute atomic E-state index is 5.98. The van der Waals surface area contributed by atoms with E-state index >= 15 is 0 Å². The maximum Gasteiger partial charge on any atom is 0.168 e. The number of benzene rings is 1. The Morgan fingerprint density at radius 2 is 2.00 bits per heavy atom. The smallest absolute Gasteiger partial charge is 0.168 e. The molecule has 1 aromatic heterocycles. The lowest BCUT2D eigenvalue weighted by Crippen LogP contribution is -2.08. The van der Waals surface area contributed by atoms with Crippen molar-refractivity contribution in [3.63, 3.8) is 0 Å². The molecule has 0 saturated carbocycles. The van der Waals surface area contributed by atoms with Crippen molar-refractivity contribution in [2.75, 3.05) is 11.9 Å². The minimum absolute atomic E-state index is 0.323. The van der Waals surface area contributed by atoms with Crippen molar-refractivity contribution in [2.45, 2.75) is 33.8 Å². The summed E-state index contributed by atoms with van der Waals surface area (Å²) < 4.78 is 5.78. The Morgan fingerprint density at radius 1 is 1.19 bits per heavy atom. The molecule has 2 aromatic rings. The fourth-order valence-electron chi connectivity index (χ4n) is 1.91. The lowest BCUT2D eigenvalue weighted by molar-refractivity contribution is 0.293. The van der Waals surface area contributed by atoms with Crippen molar-refractivity contribution in [3.8, 4) is 5.75 Å². The van der Waals surface area contributed by atoms with Crippen LogP contribution in [0.5, 0.6) is 5.75 Å². The van der Waals surface area contributed by atoms with Crippen molar-refractivity contribution in [1.82, 2.24) is 9.97 Å². The molecule has 0 fully saturated rings. The van der Waals surface area contributed by atoms with Gasteiger partial charge in [-0.2, -0.15) is 0 Å². The Labute approximate surface area is 130 Å². The Kier molecular flexibility index (Phi) is 5.39. The van der Waals surface area contributed by atoms with E-state index in [0.717, 1.165) is 35.8 Å². The average molecular weight is 306 g/mol. The molecule has 112 valence electrons. The molecule has 0 unspecified atom stereocenters. The lowest BCUT2D eigenvalue weighted by atomic mass is 10.2. The minimum Gasteiger partial charge on any atom is -0.485 e. The third kappa shape index (κ3) is 4.60. The van der Waals surface area contributed by atoms with Crippen molar-refractivity contribution in [2.24, 2.45) is 0 Å². The number of aromatic nitrogens is 2. The minimum atomic E-state index is 0.323. The van der Waals surface area contributed by atoms with E-state index in [0.29, 0.717) is 17.5 Å². The van der Waals surface area contributed by atoms with Crippen LogP contribution >= 0.6 is 11.6 Å². The first-order chi connectivity index (χ1) is 10.1. The number of aryl methyl sites for hydroxylation is 2. The molecule has 0 radical (unpaired) electrons. The molecule has 1 heterocycles. The summed E-state index contributed by atoms with van der Waals surface area (Å²) in [6.07, 6.45) is 1.05. The van der Waals surface area contributed by atoms with E-state index in [1.165, 1.54) is 0 Å². The molecular formula is C16H20ClN3O. The van der Waals surface area contributed by atoms with Gasteiger partial charge in [0.15, 0.2) is 5.82 Å². The summed E-state index contributed by atoms with van der Waals surface area (Å²) in [4.78, 5) is 8.86. The van der Waals surface area contributed by atoms with Gasteiger partial charge in [0, 0.05) is 23.3 Å². The third-order valence-corrected chi connectivity index (χ3v) is 3.20. The first-order valence-electron chi connectivity index (χ1n) is 7.06. The van der Waals surface area contributed by atoms with Crippen LogP contribution in [0, 0.1) is 13.8 Å². The van der Waals surface area contributed by atoms with Gasteiger partial charge in [0.25, 0.3) is 0 Å². The van der Waals surface area contributed by atoms with Gasteiger partial charge in [-0.3, -0.25) is 0 Å². The van der Waals surface area contributed by atoms with E-state index in [2.05, 4.69) is 22.2 Å². The average Bonchev–Trinajstić information content (AvgIpc) is 2.45. The molecule has 0 aliphatic carbocycles. The van der Waals surface area contributed by atoms with Gasteiger partial charge >= 0.3 is 0 Å². The summed E-state index contributed by atoms with van der Waals surface area (Å²) in [5, 5.41) is 3.92. The van der Waals surface area contributed by atoms with Crippen molar-refractivity contribution < 1.29 is 4.74 Å². The first-order valence-corrected chi connectivity index (χ1v) is 7.43. The Morgan fingerprint density at radius 3 is 2.76 bits per heavy atom. The van der Waals surface area contributed by atoms with Crippen LogP contribution in [0.15, 0.2) is 24.3 Å². The number of anilines is 1. The van der Waals surface area contributed by atoms with Gasteiger partial charge in [0.05, 0.1) is 0 Å². The number of hydrogen-bond acceptors (Lipinski definition) is 4. The number of halogens is 1. The van der Waals surface area contributed by atoms with Gasteiger partial charge in [-0.25, -0.2) is 9.97 Å². The van der Waals surface area contributed by atoms with E-state index in [9.17, 15) is 0 Å². The highest BCUT2D eigenvalue weighted by molar-refractivity contribution is 6.30. The molecule has 4 nitrogen and oxygen atoms in total. The molecule has 2 rings (SSSR count). The van der Waals surface area contributed by atoms with Crippen LogP contribution in [0.3, 0.4) is 0 Å². The van der Waals surface area contributed by atoms with E-state index in [4.69, 9.17) is 16.3 Å². The van der Waals surface area contributed by atoms with Crippen molar-refractivity contribution in [3.05, 3.63) is 46.4 Å². The first kappa shape index (κ1) is 15.6. The van der Waals surface area contributed by atoms with Crippen molar-refractivity contribution >= 4 is 17.4 Å². The SMILES string of the molecule is CCCNc1cc(C)nc(COc2cc(Cl)ccc2C)n1.